The van der Waals surface area contributed by atoms with Crippen molar-refractivity contribution in [3.63, 3.8) is 0 Å². The highest BCUT2D eigenvalue weighted by atomic mass is 79.9. The molecule has 76 valence electrons. The van der Waals surface area contributed by atoms with Crippen LogP contribution < -0.4 is 0 Å². The molecule has 4 nitrogen and oxygen atoms in total. The zero-order chi connectivity index (χ0) is 10.1. The number of rotatable bonds is 6. The lowest BCUT2D eigenvalue weighted by molar-refractivity contribution is -0.132. The number of carbonyl (C=O) groups excluding carboxylic acids is 2. The van der Waals surface area contributed by atoms with E-state index >= 15 is 0 Å². The van der Waals surface area contributed by atoms with Gasteiger partial charge in [-0.1, -0.05) is 6.42 Å². The van der Waals surface area contributed by atoms with Crippen molar-refractivity contribution in [3.8, 4) is 0 Å². The molecule has 0 aromatic heterocycles. The third-order valence-corrected chi connectivity index (χ3v) is 2.16. The Labute approximate surface area is 93.9 Å². The van der Waals surface area contributed by atoms with Crippen LogP contribution in [0.1, 0.15) is 32.1 Å². The van der Waals surface area contributed by atoms with Gasteiger partial charge in [0.2, 0.25) is 0 Å². The van der Waals surface area contributed by atoms with E-state index in [0.717, 1.165) is 19.3 Å². The van der Waals surface area contributed by atoms with Gasteiger partial charge in [-0.3, -0.25) is 9.59 Å². The Bertz CT molecular complexity index is 154. The smallest absolute Gasteiger partial charge is 0.317 e. The molecular formula is C7H10Br2O4. The molecule has 0 aromatic carbocycles. The van der Waals surface area contributed by atoms with Gasteiger partial charge in [0.15, 0.2) is 32.5 Å². The fourth-order valence-corrected chi connectivity index (χ4v) is 1.12. The molecule has 0 N–H and O–H groups in total. The molecule has 0 aliphatic rings. The molecule has 0 radical (unpaired) electrons. The second-order valence-corrected chi connectivity index (χ2v) is 3.11. The largest absolute Gasteiger partial charge is 0.384 e. The molecule has 0 fully saturated rings. The lowest BCUT2D eigenvalue weighted by atomic mass is 10.1. The van der Waals surface area contributed by atoms with Crippen LogP contribution in [0.25, 0.3) is 0 Å². The molecule has 0 unspecified atom stereocenters. The van der Waals surface area contributed by atoms with Crippen LogP contribution in [0.2, 0.25) is 0 Å². The summed E-state index contributed by atoms with van der Waals surface area (Å²) in [6.07, 6.45) is 2.99. The minimum absolute atomic E-state index is 0.289. The topological polar surface area (TPSA) is 52.6 Å². The summed E-state index contributed by atoms with van der Waals surface area (Å²) in [5, 5.41) is 0. The summed E-state index contributed by atoms with van der Waals surface area (Å²) in [6.45, 7) is 0. The SMILES string of the molecule is O=C(CCCCCC(=O)OBr)OBr. The van der Waals surface area contributed by atoms with Crippen molar-refractivity contribution in [2.45, 2.75) is 32.1 Å². The van der Waals surface area contributed by atoms with Crippen LogP contribution in [-0.2, 0) is 17.2 Å². The zero-order valence-electron chi connectivity index (χ0n) is 6.92. The molecule has 0 aliphatic carbocycles. The average molecular weight is 318 g/mol. The Morgan fingerprint density at radius 3 is 1.54 bits per heavy atom. The summed E-state index contributed by atoms with van der Waals surface area (Å²) >= 11 is 5.18. The Balaban J connectivity index is 3.17. The third kappa shape index (κ3) is 8.24. The van der Waals surface area contributed by atoms with E-state index in [4.69, 9.17) is 0 Å². The molecule has 0 spiro atoms. The second-order valence-electron chi connectivity index (χ2n) is 2.46. The van der Waals surface area contributed by atoms with Gasteiger partial charge in [0.1, 0.15) is 0 Å². The Kier molecular flexibility index (Phi) is 8.43. The van der Waals surface area contributed by atoms with E-state index in [2.05, 4.69) is 40.2 Å². The highest BCUT2D eigenvalue weighted by Crippen LogP contribution is 2.06. The van der Waals surface area contributed by atoms with Crippen LogP contribution in [-0.4, -0.2) is 11.9 Å². The van der Waals surface area contributed by atoms with Gasteiger partial charge in [0, 0.05) is 12.8 Å². The van der Waals surface area contributed by atoms with E-state index < -0.39 is 0 Å². The summed E-state index contributed by atoms with van der Waals surface area (Å²) in [7, 11) is 0. The number of hydrogen-bond donors (Lipinski definition) is 0. The van der Waals surface area contributed by atoms with Crippen molar-refractivity contribution >= 4 is 44.5 Å². The monoisotopic (exact) mass is 316 g/mol. The predicted octanol–water partition coefficient (Wildman–Crippen LogP) is 2.64. The molecule has 0 aliphatic heterocycles. The van der Waals surface area contributed by atoms with Gasteiger partial charge in [0.05, 0.1) is 0 Å². The maximum Gasteiger partial charge on any atom is 0.317 e. The predicted molar refractivity (Wildman–Crippen MR) is 53.1 cm³/mol. The van der Waals surface area contributed by atoms with E-state index in [-0.39, 0.29) is 11.9 Å². The minimum Gasteiger partial charge on any atom is -0.384 e. The fourth-order valence-electron chi connectivity index (χ4n) is 0.793. The Morgan fingerprint density at radius 1 is 0.846 bits per heavy atom. The van der Waals surface area contributed by atoms with E-state index in [1.807, 2.05) is 0 Å². The number of hydrogen-bond acceptors (Lipinski definition) is 4. The molecule has 13 heavy (non-hydrogen) atoms. The van der Waals surface area contributed by atoms with Gasteiger partial charge in [-0.25, -0.2) is 0 Å². The first kappa shape index (κ1) is 12.9. The first-order valence-corrected chi connectivity index (χ1v) is 5.13. The molecule has 6 heteroatoms. The number of carbonyl (C=O) groups is 2. The fraction of sp³-hybridized carbons (Fsp3) is 0.714. The number of unbranched alkanes of at least 4 members (excludes halogenated alkanes) is 2. The minimum atomic E-state index is -0.289. The summed E-state index contributed by atoms with van der Waals surface area (Å²) in [5.41, 5.74) is 0. The first-order valence-electron chi connectivity index (χ1n) is 3.83. The van der Waals surface area contributed by atoms with Gasteiger partial charge < -0.3 is 7.66 Å². The van der Waals surface area contributed by atoms with E-state index in [1.54, 1.807) is 0 Å². The van der Waals surface area contributed by atoms with Crippen LogP contribution >= 0.6 is 32.5 Å². The van der Waals surface area contributed by atoms with Gasteiger partial charge in [-0.05, 0) is 12.8 Å². The standard InChI is InChI=1S/C7H10Br2O4/c8-12-6(10)4-2-1-3-5-7(11)13-9/h1-5H2. The van der Waals surface area contributed by atoms with Crippen molar-refractivity contribution in [1.82, 2.24) is 0 Å². The molecule has 0 aromatic rings. The molecule has 0 heterocycles. The van der Waals surface area contributed by atoms with E-state index in [0.29, 0.717) is 12.8 Å². The van der Waals surface area contributed by atoms with Crippen LogP contribution in [0.15, 0.2) is 0 Å². The van der Waals surface area contributed by atoms with E-state index in [1.165, 1.54) is 0 Å². The first-order chi connectivity index (χ1) is 6.20. The summed E-state index contributed by atoms with van der Waals surface area (Å²) in [5.74, 6) is -0.578. The van der Waals surface area contributed by atoms with Gasteiger partial charge in [-0.2, -0.15) is 0 Å². The van der Waals surface area contributed by atoms with Crippen LogP contribution in [0.5, 0.6) is 0 Å². The third-order valence-electron chi connectivity index (χ3n) is 1.43. The number of halogens is 2. The molecule has 0 saturated carbocycles. The molecular weight excluding hydrogens is 308 g/mol. The quantitative estimate of drug-likeness (QED) is 0.707. The van der Waals surface area contributed by atoms with Crippen molar-refractivity contribution in [1.29, 1.82) is 0 Å². The molecule has 0 rings (SSSR count). The summed E-state index contributed by atoms with van der Waals surface area (Å²) in [4.78, 5) is 21.2. The maximum absolute atomic E-state index is 10.6. The molecule has 0 amide bonds. The molecule has 0 atom stereocenters. The van der Waals surface area contributed by atoms with Crippen molar-refractivity contribution < 1.29 is 17.2 Å². The van der Waals surface area contributed by atoms with Crippen LogP contribution in [0, 0.1) is 0 Å². The zero-order valence-corrected chi connectivity index (χ0v) is 10.1. The van der Waals surface area contributed by atoms with E-state index in [9.17, 15) is 9.59 Å². The molecule has 0 bridgehead atoms. The van der Waals surface area contributed by atoms with Crippen molar-refractivity contribution in [2.75, 3.05) is 0 Å². The average Bonchev–Trinajstić information content (AvgIpc) is 2.16. The second kappa shape index (κ2) is 8.50. The lowest BCUT2D eigenvalue weighted by Crippen LogP contribution is -1.98. The molecule has 0 saturated heterocycles. The highest BCUT2D eigenvalue weighted by Gasteiger charge is 2.03. The summed E-state index contributed by atoms with van der Waals surface area (Å²) < 4.78 is 8.55. The van der Waals surface area contributed by atoms with Crippen molar-refractivity contribution in [2.24, 2.45) is 0 Å². The summed E-state index contributed by atoms with van der Waals surface area (Å²) in [6, 6.07) is 0. The van der Waals surface area contributed by atoms with Crippen LogP contribution in [0.3, 0.4) is 0 Å². The Morgan fingerprint density at radius 2 is 1.23 bits per heavy atom. The van der Waals surface area contributed by atoms with Gasteiger partial charge in [0.25, 0.3) is 0 Å². The lowest BCUT2D eigenvalue weighted by Gasteiger charge is -1.97. The highest BCUT2D eigenvalue weighted by molar-refractivity contribution is 9.06. The normalized spacial score (nSPS) is 9.38. The van der Waals surface area contributed by atoms with Gasteiger partial charge >= 0.3 is 11.9 Å². The van der Waals surface area contributed by atoms with Crippen LogP contribution in [0.4, 0.5) is 0 Å². The Hall–Kier alpha value is -0.100. The maximum atomic E-state index is 10.6. The van der Waals surface area contributed by atoms with Crippen molar-refractivity contribution in [3.05, 3.63) is 0 Å². The van der Waals surface area contributed by atoms with Gasteiger partial charge in [-0.15, -0.1) is 0 Å².